The zero-order valence-corrected chi connectivity index (χ0v) is 31.5. The molecule has 0 aromatic carbocycles. The first-order valence-electron chi connectivity index (χ1n) is 20.0. The number of hydrogen-bond donors (Lipinski definition) is 0. The first kappa shape index (κ1) is 44.4. The van der Waals surface area contributed by atoms with Gasteiger partial charge in [0, 0.05) is 6.42 Å². The molecular formula is C43H79NO2. The molecule has 3 heteroatoms. The van der Waals surface area contributed by atoms with Crippen molar-refractivity contribution in [1.82, 2.24) is 4.90 Å². The Labute approximate surface area is 288 Å². The monoisotopic (exact) mass is 642 g/mol. The van der Waals surface area contributed by atoms with Crippen molar-refractivity contribution < 1.29 is 9.53 Å². The Morgan fingerprint density at radius 2 is 0.870 bits per heavy atom. The summed E-state index contributed by atoms with van der Waals surface area (Å²) in [4.78, 5) is 14.7. The van der Waals surface area contributed by atoms with Gasteiger partial charge >= 0.3 is 5.97 Å². The molecule has 0 saturated heterocycles. The predicted octanol–water partition coefficient (Wildman–Crippen LogP) is 13.6. The minimum atomic E-state index is 0.00641. The maximum atomic E-state index is 12.5. The molecule has 0 amide bonds. The summed E-state index contributed by atoms with van der Waals surface area (Å²) in [7, 11) is 4.12. The van der Waals surface area contributed by atoms with Gasteiger partial charge in [0.1, 0.15) is 6.10 Å². The molecule has 0 fully saturated rings. The van der Waals surface area contributed by atoms with E-state index >= 15 is 0 Å². The smallest absolute Gasteiger partial charge is 0.306 e. The number of carbonyl (C=O) groups is 1. The Hall–Kier alpha value is -1.61. The minimum absolute atomic E-state index is 0.00641. The molecular weight excluding hydrogens is 562 g/mol. The zero-order valence-electron chi connectivity index (χ0n) is 31.5. The van der Waals surface area contributed by atoms with Gasteiger partial charge in [-0.05, 0) is 117 Å². The number of ether oxygens (including phenoxy) is 1. The van der Waals surface area contributed by atoms with Crippen LogP contribution in [0.5, 0.6) is 0 Å². The summed E-state index contributed by atoms with van der Waals surface area (Å²) < 4.78 is 6.00. The lowest BCUT2D eigenvalue weighted by Gasteiger charge is -2.18. The van der Waals surface area contributed by atoms with Gasteiger partial charge < -0.3 is 9.64 Å². The molecule has 0 saturated carbocycles. The summed E-state index contributed by atoms with van der Waals surface area (Å²) in [6, 6.07) is 0. The molecule has 0 aromatic heterocycles. The molecule has 46 heavy (non-hydrogen) atoms. The molecule has 0 rings (SSSR count). The van der Waals surface area contributed by atoms with Crippen LogP contribution in [0.4, 0.5) is 0 Å². The maximum Gasteiger partial charge on any atom is 0.306 e. The second-order valence-electron chi connectivity index (χ2n) is 13.8. The van der Waals surface area contributed by atoms with Gasteiger partial charge in [0.15, 0.2) is 0 Å². The molecule has 0 aliphatic heterocycles. The van der Waals surface area contributed by atoms with Crippen LogP contribution < -0.4 is 0 Å². The Morgan fingerprint density at radius 1 is 0.500 bits per heavy atom. The fourth-order valence-electron chi connectivity index (χ4n) is 5.77. The molecule has 0 radical (unpaired) electrons. The molecule has 0 spiro atoms. The summed E-state index contributed by atoms with van der Waals surface area (Å²) in [6.45, 7) is 5.46. The molecule has 0 aliphatic carbocycles. The number of allylic oxidation sites excluding steroid dienone is 8. The second kappa shape index (κ2) is 37.8. The van der Waals surface area contributed by atoms with Gasteiger partial charge in [-0.1, -0.05) is 140 Å². The van der Waals surface area contributed by atoms with Gasteiger partial charge in [-0.3, -0.25) is 4.79 Å². The molecule has 3 nitrogen and oxygen atoms in total. The van der Waals surface area contributed by atoms with Crippen LogP contribution in [-0.2, 0) is 9.53 Å². The molecule has 0 aromatic rings. The SMILES string of the molecule is CCCCCC=CCC=CCCCCCCCCC(CCCCCCCCC=CC/C=C/CCCCC)OC(=O)CCCN(C)C. The van der Waals surface area contributed by atoms with E-state index < -0.39 is 0 Å². The lowest BCUT2D eigenvalue weighted by Crippen LogP contribution is -2.20. The van der Waals surface area contributed by atoms with E-state index in [0.29, 0.717) is 6.42 Å². The second-order valence-corrected chi connectivity index (χ2v) is 13.8. The average molecular weight is 642 g/mol. The zero-order chi connectivity index (χ0) is 33.6. The van der Waals surface area contributed by atoms with E-state index in [-0.39, 0.29) is 12.1 Å². The number of unbranched alkanes of at least 4 members (excludes halogenated alkanes) is 18. The molecule has 268 valence electrons. The van der Waals surface area contributed by atoms with Crippen LogP contribution in [0.15, 0.2) is 48.6 Å². The number of carbonyl (C=O) groups excluding carboxylic acids is 1. The third-order valence-electron chi connectivity index (χ3n) is 8.74. The Kier molecular flexibility index (Phi) is 36.5. The Morgan fingerprint density at radius 3 is 1.26 bits per heavy atom. The quantitative estimate of drug-likeness (QED) is 0.0392. The van der Waals surface area contributed by atoms with Crippen molar-refractivity contribution in [3.05, 3.63) is 48.6 Å². The van der Waals surface area contributed by atoms with E-state index in [9.17, 15) is 4.79 Å². The molecule has 0 heterocycles. The van der Waals surface area contributed by atoms with E-state index in [0.717, 1.165) is 38.6 Å². The molecule has 0 bridgehead atoms. The third kappa shape index (κ3) is 36.9. The molecule has 1 unspecified atom stereocenters. The van der Waals surface area contributed by atoms with Gasteiger partial charge in [0.25, 0.3) is 0 Å². The van der Waals surface area contributed by atoms with Crippen LogP contribution >= 0.6 is 0 Å². The number of esters is 1. The predicted molar refractivity (Wildman–Crippen MR) is 206 cm³/mol. The normalized spacial score (nSPS) is 13.0. The highest BCUT2D eigenvalue weighted by Gasteiger charge is 2.14. The van der Waals surface area contributed by atoms with E-state index in [2.05, 4.69) is 81.5 Å². The standard InChI is InChI=1S/C43H79NO2/c1-5-7-9-11-13-15-17-19-21-23-25-27-29-31-33-35-38-42(46-43(45)40-37-41-44(3)4)39-36-34-32-30-28-26-24-22-20-18-16-14-12-10-8-6-2/h13-16,19-22,42H,5-12,17-18,23-41H2,1-4H3/b15-13+,16-14?,21-19?,22-20?. The van der Waals surface area contributed by atoms with E-state index in [1.54, 1.807) is 0 Å². The van der Waals surface area contributed by atoms with Crippen molar-refractivity contribution in [3.8, 4) is 0 Å². The molecule has 0 N–H and O–H groups in total. The van der Waals surface area contributed by atoms with Crippen LogP contribution in [0, 0.1) is 0 Å². The van der Waals surface area contributed by atoms with Crippen molar-refractivity contribution in [1.29, 1.82) is 0 Å². The average Bonchev–Trinajstić information content (AvgIpc) is 3.04. The first-order valence-corrected chi connectivity index (χ1v) is 20.0. The lowest BCUT2D eigenvalue weighted by atomic mass is 10.0. The first-order chi connectivity index (χ1) is 22.6. The van der Waals surface area contributed by atoms with Crippen LogP contribution in [-0.4, -0.2) is 37.6 Å². The minimum Gasteiger partial charge on any atom is -0.462 e. The van der Waals surface area contributed by atoms with E-state index in [1.165, 1.54) is 141 Å². The van der Waals surface area contributed by atoms with E-state index in [1.807, 2.05) is 0 Å². The topological polar surface area (TPSA) is 29.5 Å². The highest BCUT2D eigenvalue weighted by atomic mass is 16.5. The highest BCUT2D eigenvalue weighted by Crippen LogP contribution is 2.18. The fraction of sp³-hybridized carbons (Fsp3) is 0.791. The van der Waals surface area contributed by atoms with Crippen LogP contribution in [0.1, 0.15) is 194 Å². The largest absolute Gasteiger partial charge is 0.462 e. The number of nitrogens with zero attached hydrogens (tertiary/aromatic N) is 1. The van der Waals surface area contributed by atoms with Crippen molar-refractivity contribution in [2.45, 2.75) is 200 Å². The van der Waals surface area contributed by atoms with Gasteiger partial charge in [-0.15, -0.1) is 0 Å². The van der Waals surface area contributed by atoms with Crippen LogP contribution in [0.2, 0.25) is 0 Å². The Bertz CT molecular complexity index is 687. The molecule has 0 aliphatic rings. The van der Waals surface area contributed by atoms with Crippen molar-refractivity contribution >= 4 is 5.97 Å². The van der Waals surface area contributed by atoms with Crippen molar-refractivity contribution in [2.24, 2.45) is 0 Å². The van der Waals surface area contributed by atoms with E-state index in [4.69, 9.17) is 4.74 Å². The van der Waals surface area contributed by atoms with Crippen LogP contribution in [0.3, 0.4) is 0 Å². The Balaban J connectivity index is 4.01. The molecule has 1 atom stereocenters. The van der Waals surface area contributed by atoms with Gasteiger partial charge in [-0.25, -0.2) is 0 Å². The number of hydrogen-bond acceptors (Lipinski definition) is 3. The fourth-order valence-corrected chi connectivity index (χ4v) is 5.77. The van der Waals surface area contributed by atoms with Crippen molar-refractivity contribution in [3.63, 3.8) is 0 Å². The summed E-state index contributed by atoms with van der Waals surface area (Å²) in [5.74, 6) is 0.00641. The van der Waals surface area contributed by atoms with Gasteiger partial charge in [-0.2, -0.15) is 0 Å². The van der Waals surface area contributed by atoms with Crippen LogP contribution in [0.25, 0.3) is 0 Å². The highest BCUT2D eigenvalue weighted by molar-refractivity contribution is 5.69. The van der Waals surface area contributed by atoms with Gasteiger partial charge in [0.05, 0.1) is 0 Å². The maximum absolute atomic E-state index is 12.5. The van der Waals surface area contributed by atoms with Gasteiger partial charge in [0.2, 0.25) is 0 Å². The summed E-state index contributed by atoms with van der Waals surface area (Å²) in [5, 5.41) is 0. The summed E-state index contributed by atoms with van der Waals surface area (Å²) in [5.41, 5.74) is 0. The summed E-state index contributed by atoms with van der Waals surface area (Å²) in [6.07, 6.45) is 52.8. The third-order valence-corrected chi connectivity index (χ3v) is 8.74. The van der Waals surface area contributed by atoms with Crippen molar-refractivity contribution in [2.75, 3.05) is 20.6 Å². The lowest BCUT2D eigenvalue weighted by molar-refractivity contribution is -0.150. The number of rotatable bonds is 35. The summed E-state index contributed by atoms with van der Waals surface area (Å²) >= 11 is 0.